The number of aliphatic hydroxyl groups excluding tert-OH is 1. The molecule has 0 aromatic heterocycles. The van der Waals surface area contributed by atoms with Gasteiger partial charge in [0.15, 0.2) is 5.75 Å². The topological polar surface area (TPSA) is 143 Å². The summed E-state index contributed by atoms with van der Waals surface area (Å²) >= 11 is 0. The van der Waals surface area contributed by atoms with Gasteiger partial charge in [-0.1, -0.05) is 31.2 Å². The number of aliphatic hydroxyl groups is 1. The molecule has 2 N–H and O–H groups in total. The molecule has 1 amide bonds. The second-order valence-corrected chi connectivity index (χ2v) is 13.9. The van der Waals surface area contributed by atoms with Gasteiger partial charge in [0.1, 0.15) is 11.9 Å². The number of carbonyl (C=O) groups excluding carboxylic acids is 1. The first-order chi connectivity index (χ1) is 19.9. The average molecular weight is 618 g/mol. The summed E-state index contributed by atoms with van der Waals surface area (Å²) in [5.74, 6) is -0.373. The molecule has 13 heteroatoms. The number of amides is 1. The highest BCUT2D eigenvalue weighted by Gasteiger charge is 2.36. The molecule has 4 rings (SSSR count). The van der Waals surface area contributed by atoms with Crippen LogP contribution in [0.4, 0.5) is 5.69 Å². The van der Waals surface area contributed by atoms with E-state index in [2.05, 4.69) is 4.72 Å². The van der Waals surface area contributed by atoms with Crippen LogP contribution in [0, 0.1) is 5.92 Å². The number of fused-ring (bicyclic) bond motifs is 1. The van der Waals surface area contributed by atoms with Crippen molar-refractivity contribution in [2.24, 2.45) is 5.92 Å². The Morgan fingerprint density at radius 1 is 1.02 bits per heavy atom. The smallest absolute Gasteiger partial charge is 0.262 e. The van der Waals surface area contributed by atoms with Crippen LogP contribution in [0.3, 0.4) is 0 Å². The molecule has 42 heavy (non-hydrogen) atoms. The number of benzene rings is 3. The van der Waals surface area contributed by atoms with E-state index in [0.717, 1.165) is 4.31 Å². The largest absolute Gasteiger partial charge is 0.497 e. The van der Waals surface area contributed by atoms with Crippen molar-refractivity contribution in [2.45, 2.75) is 35.8 Å². The summed E-state index contributed by atoms with van der Waals surface area (Å²) < 4.78 is 68.5. The summed E-state index contributed by atoms with van der Waals surface area (Å²) in [6, 6.07) is 17.7. The fourth-order valence-corrected chi connectivity index (χ4v) is 6.89. The second-order valence-electron chi connectivity index (χ2n) is 10.2. The van der Waals surface area contributed by atoms with E-state index in [9.17, 15) is 26.7 Å². The molecule has 1 heterocycles. The highest BCUT2D eigenvalue weighted by molar-refractivity contribution is 7.92. The van der Waals surface area contributed by atoms with Gasteiger partial charge in [-0.25, -0.2) is 16.8 Å². The lowest BCUT2D eigenvalue weighted by Gasteiger charge is -2.38. The van der Waals surface area contributed by atoms with Crippen molar-refractivity contribution >= 4 is 31.6 Å². The van der Waals surface area contributed by atoms with Crippen LogP contribution >= 0.6 is 0 Å². The van der Waals surface area contributed by atoms with E-state index in [4.69, 9.17) is 9.47 Å². The quantitative estimate of drug-likeness (QED) is 0.354. The number of para-hydroxylation sites is 1. The van der Waals surface area contributed by atoms with Crippen molar-refractivity contribution in [3.05, 3.63) is 78.4 Å². The molecule has 11 nitrogen and oxygen atoms in total. The van der Waals surface area contributed by atoms with Crippen LogP contribution in [0.5, 0.6) is 11.5 Å². The highest BCUT2D eigenvalue weighted by Crippen LogP contribution is 2.36. The third-order valence-corrected chi connectivity index (χ3v) is 10.4. The standard InChI is InChI=1S/C29H35N3O8S2/c1-20-17-32(21(2)19-33)29(34)25-11-8-12-26(30-41(35,36)23-9-6-5-7-10-23)28(25)40-27(20)18-31(3)42(37,38)24-15-13-22(39-4)14-16-24/h5-16,20-21,27,30,33H,17-19H2,1-4H3/t20-,21-,27-/m1/s1. The zero-order valence-electron chi connectivity index (χ0n) is 23.8. The van der Waals surface area contributed by atoms with E-state index in [1.54, 1.807) is 37.3 Å². The van der Waals surface area contributed by atoms with Crippen LogP contribution in [-0.2, 0) is 20.0 Å². The van der Waals surface area contributed by atoms with Crippen LogP contribution in [-0.4, -0.2) is 83.1 Å². The summed E-state index contributed by atoms with van der Waals surface area (Å²) in [6.07, 6.45) is -0.800. The molecule has 0 bridgehead atoms. The molecule has 0 saturated carbocycles. The molecule has 0 aliphatic carbocycles. The molecule has 0 fully saturated rings. The van der Waals surface area contributed by atoms with Crippen molar-refractivity contribution in [1.82, 2.24) is 9.21 Å². The van der Waals surface area contributed by atoms with Gasteiger partial charge in [0.05, 0.1) is 47.3 Å². The highest BCUT2D eigenvalue weighted by atomic mass is 32.2. The van der Waals surface area contributed by atoms with Crippen molar-refractivity contribution in [3.8, 4) is 11.5 Å². The lowest BCUT2D eigenvalue weighted by Crippen LogP contribution is -2.50. The van der Waals surface area contributed by atoms with E-state index in [1.807, 2.05) is 6.92 Å². The third kappa shape index (κ3) is 6.54. The Balaban J connectivity index is 1.74. The Hall–Kier alpha value is -3.65. The van der Waals surface area contributed by atoms with Gasteiger partial charge in [-0.05, 0) is 55.5 Å². The predicted molar refractivity (Wildman–Crippen MR) is 158 cm³/mol. The Morgan fingerprint density at radius 2 is 1.69 bits per heavy atom. The van der Waals surface area contributed by atoms with Gasteiger partial charge in [0, 0.05) is 19.5 Å². The van der Waals surface area contributed by atoms with Gasteiger partial charge < -0.3 is 19.5 Å². The van der Waals surface area contributed by atoms with Gasteiger partial charge in [0.2, 0.25) is 10.0 Å². The SMILES string of the molecule is COc1ccc(S(=O)(=O)N(C)C[C@H]2Oc3c(NS(=O)(=O)c4ccccc4)cccc3C(=O)N([C@H](C)CO)C[C@H]2C)cc1. The van der Waals surface area contributed by atoms with Crippen LogP contribution < -0.4 is 14.2 Å². The predicted octanol–water partition coefficient (Wildman–Crippen LogP) is 3.04. The van der Waals surface area contributed by atoms with Crippen molar-refractivity contribution in [3.63, 3.8) is 0 Å². The molecular weight excluding hydrogens is 582 g/mol. The lowest BCUT2D eigenvalue weighted by molar-refractivity contribution is 0.0389. The number of carbonyl (C=O) groups is 1. The Bertz CT molecular complexity index is 1610. The zero-order chi connectivity index (χ0) is 30.7. The maximum Gasteiger partial charge on any atom is 0.262 e. The maximum absolute atomic E-state index is 13.7. The zero-order valence-corrected chi connectivity index (χ0v) is 25.4. The van der Waals surface area contributed by atoms with E-state index in [0.29, 0.717) is 5.75 Å². The van der Waals surface area contributed by atoms with Gasteiger partial charge in [-0.2, -0.15) is 4.31 Å². The van der Waals surface area contributed by atoms with Crippen LogP contribution in [0.2, 0.25) is 0 Å². The van der Waals surface area contributed by atoms with Crippen LogP contribution in [0.25, 0.3) is 0 Å². The van der Waals surface area contributed by atoms with E-state index >= 15 is 0 Å². The fraction of sp³-hybridized carbons (Fsp3) is 0.345. The number of hydrogen-bond acceptors (Lipinski definition) is 8. The normalized spacial score (nSPS) is 18.4. The van der Waals surface area contributed by atoms with Crippen LogP contribution in [0.15, 0.2) is 82.6 Å². The molecule has 0 unspecified atom stereocenters. The summed E-state index contributed by atoms with van der Waals surface area (Å²) in [6.45, 7) is 3.27. The average Bonchev–Trinajstić information content (AvgIpc) is 2.99. The van der Waals surface area contributed by atoms with E-state index in [1.165, 1.54) is 61.5 Å². The minimum absolute atomic E-state index is 0.0190. The summed E-state index contributed by atoms with van der Waals surface area (Å²) in [5.41, 5.74) is 0.113. The fourth-order valence-electron chi connectivity index (χ4n) is 4.62. The Labute approximate surface area is 246 Å². The Kier molecular flexibility index (Phi) is 9.46. The third-order valence-electron chi connectivity index (χ3n) is 7.19. The molecule has 0 radical (unpaired) electrons. The molecule has 3 aromatic carbocycles. The van der Waals surface area contributed by atoms with Gasteiger partial charge in [-0.3, -0.25) is 9.52 Å². The minimum atomic E-state index is -4.05. The van der Waals surface area contributed by atoms with E-state index in [-0.39, 0.29) is 46.5 Å². The number of hydrogen-bond donors (Lipinski definition) is 2. The number of anilines is 1. The van der Waals surface area contributed by atoms with Crippen molar-refractivity contribution < 1.29 is 36.2 Å². The first kappa shape index (κ1) is 31.3. The maximum atomic E-state index is 13.7. The van der Waals surface area contributed by atoms with Crippen LogP contribution in [0.1, 0.15) is 24.2 Å². The lowest BCUT2D eigenvalue weighted by atomic mass is 9.99. The van der Waals surface area contributed by atoms with Gasteiger partial charge in [0.25, 0.3) is 15.9 Å². The number of ether oxygens (including phenoxy) is 2. The first-order valence-electron chi connectivity index (χ1n) is 13.3. The molecule has 0 spiro atoms. The van der Waals surface area contributed by atoms with Crippen molar-refractivity contribution in [1.29, 1.82) is 0 Å². The second kappa shape index (κ2) is 12.7. The molecule has 1 aliphatic rings. The molecule has 1 aliphatic heterocycles. The summed E-state index contributed by atoms with van der Waals surface area (Å²) in [4.78, 5) is 15.3. The van der Waals surface area contributed by atoms with E-state index < -0.39 is 44.0 Å². The molecule has 3 atom stereocenters. The number of nitrogens with zero attached hydrogens (tertiary/aromatic N) is 2. The first-order valence-corrected chi connectivity index (χ1v) is 16.2. The van der Waals surface area contributed by atoms with Crippen molar-refractivity contribution in [2.75, 3.05) is 38.6 Å². The number of nitrogens with one attached hydrogen (secondary N) is 1. The minimum Gasteiger partial charge on any atom is -0.497 e. The van der Waals surface area contributed by atoms with Gasteiger partial charge >= 0.3 is 0 Å². The number of likely N-dealkylation sites (N-methyl/N-ethyl adjacent to an activating group) is 1. The van der Waals surface area contributed by atoms with Gasteiger partial charge in [-0.15, -0.1) is 0 Å². The Morgan fingerprint density at radius 3 is 2.31 bits per heavy atom. The molecule has 226 valence electrons. The summed E-state index contributed by atoms with van der Waals surface area (Å²) in [7, 11) is -5.07. The molecular formula is C29H35N3O8S2. The number of rotatable bonds is 10. The number of sulfonamides is 2. The monoisotopic (exact) mass is 617 g/mol. The molecule has 3 aromatic rings. The summed E-state index contributed by atoms with van der Waals surface area (Å²) in [5, 5.41) is 9.90. The number of methoxy groups -OCH3 is 1. The molecule has 0 saturated heterocycles.